The van der Waals surface area contributed by atoms with E-state index in [1.54, 1.807) is 16.9 Å². The van der Waals surface area contributed by atoms with Crippen molar-refractivity contribution in [2.24, 2.45) is 5.73 Å². The van der Waals surface area contributed by atoms with Crippen molar-refractivity contribution in [1.82, 2.24) is 9.78 Å². The molecule has 2 aromatic rings. The Morgan fingerprint density at radius 2 is 2.28 bits per heavy atom. The highest BCUT2D eigenvalue weighted by molar-refractivity contribution is 9.10. The summed E-state index contributed by atoms with van der Waals surface area (Å²) in [5, 5.41) is 4.24. The van der Waals surface area contributed by atoms with E-state index < -0.39 is 0 Å². The number of aromatic nitrogens is 2. The molecule has 0 aliphatic rings. The summed E-state index contributed by atoms with van der Waals surface area (Å²) < 4.78 is 15.8. The van der Waals surface area contributed by atoms with Gasteiger partial charge in [0.1, 0.15) is 5.82 Å². The second-order valence-corrected chi connectivity index (χ2v) is 5.08. The maximum Gasteiger partial charge on any atom is 0.123 e. The predicted octanol–water partition coefficient (Wildman–Crippen LogP) is 3.24. The Kier molecular flexibility index (Phi) is 4.14. The maximum atomic E-state index is 13.2. The summed E-state index contributed by atoms with van der Waals surface area (Å²) in [5.41, 5.74) is 7.79. The third-order valence-corrected chi connectivity index (χ3v) is 3.63. The van der Waals surface area contributed by atoms with Crippen LogP contribution >= 0.6 is 15.9 Å². The summed E-state index contributed by atoms with van der Waals surface area (Å²) in [7, 11) is 0. The van der Waals surface area contributed by atoms with Crippen LogP contribution in [0.15, 0.2) is 35.1 Å². The van der Waals surface area contributed by atoms with Crippen LogP contribution in [-0.2, 0) is 6.54 Å². The molecule has 5 heteroatoms. The van der Waals surface area contributed by atoms with E-state index in [-0.39, 0.29) is 11.9 Å². The second kappa shape index (κ2) is 5.63. The van der Waals surface area contributed by atoms with E-state index in [0.717, 1.165) is 22.0 Å². The van der Waals surface area contributed by atoms with Crippen LogP contribution in [0.25, 0.3) is 0 Å². The van der Waals surface area contributed by atoms with E-state index in [9.17, 15) is 4.39 Å². The molecular weight excluding hydrogens is 297 g/mol. The fourth-order valence-corrected chi connectivity index (χ4v) is 2.10. The maximum absolute atomic E-state index is 13.2. The van der Waals surface area contributed by atoms with E-state index in [1.807, 2.05) is 13.1 Å². The third kappa shape index (κ3) is 2.97. The number of hydrogen-bond acceptors (Lipinski definition) is 2. The molecule has 96 valence electrons. The molecule has 1 atom stereocenters. The highest BCUT2D eigenvalue weighted by Crippen LogP contribution is 2.19. The molecule has 0 radical (unpaired) electrons. The largest absolute Gasteiger partial charge is 0.324 e. The van der Waals surface area contributed by atoms with Crippen LogP contribution in [-0.4, -0.2) is 9.78 Å². The van der Waals surface area contributed by atoms with Crippen molar-refractivity contribution in [2.45, 2.75) is 25.9 Å². The molecular formula is C13H15BrFN3. The number of benzene rings is 1. The summed E-state index contributed by atoms with van der Waals surface area (Å²) in [4.78, 5) is 0. The van der Waals surface area contributed by atoms with Gasteiger partial charge in [-0.25, -0.2) is 4.39 Å². The number of nitrogens with zero attached hydrogens (tertiary/aromatic N) is 2. The molecule has 0 aliphatic carbocycles. The Morgan fingerprint density at radius 1 is 1.50 bits per heavy atom. The van der Waals surface area contributed by atoms with Gasteiger partial charge in [-0.15, -0.1) is 0 Å². The fraction of sp³-hybridized carbons (Fsp3) is 0.308. The highest BCUT2D eigenvalue weighted by Gasteiger charge is 2.08. The van der Waals surface area contributed by atoms with Gasteiger partial charge in [-0.3, -0.25) is 4.68 Å². The van der Waals surface area contributed by atoms with Crippen molar-refractivity contribution in [2.75, 3.05) is 0 Å². The van der Waals surface area contributed by atoms with Crippen molar-refractivity contribution in [1.29, 1.82) is 0 Å². The molecule has 0 aliphatic heterocycles. The Balaban J connectivity index is 2.18. The number of rotatable bonds is 4. The molecule has 2 N–H and O–H groups in total. The van der Waals surface area contributed by atoms with Crippen LogP contribution in [0.2, 0.25) is 0 Å². The SMILES string of the molecule is CCC(N)c1cnn(Cc2cc(F)ccc2Br)c1. The van der Waals surface area contributed by atoms with Gasteiger partial charge < -0.3 is 5.73 Å². The summed E-state index contributed by atoms with van der Waals surface area (Å²) in [6, 6.07) is 4.64. The molecule has 0 saturated carbocycles. The fourth-order valence-electron chi connectivity index (χ4n) is 1.73. The smallest absolute Gasteiger partial charge is 0.123 e. The topological polar surface area (TPSA) is 43.8 Å². The summed E-state index contributed by atoms with van der Waals surface area (Å²) in [6.07, 6.45) is 4.54. The van der Waals surface area contributed by atoms with E-state index in [0.29, 0.717) is 6.54 Å². The minimum absolute atomic E-state index is 0.00898. The van der Waals surface area contributed by atoms with Crippen molar-refractivity contribution in [3.05, 3.63) is 52.0 Å². The van der Waals surface area contributed by atoms with Crippen molar-refractivity contribution in [3.63, 3.8) is 0 Å². The Bertz CT molecular complexity index is 539. The van der Waals surface area contributed by atoms with Gasteiger partial charge in [-0.2, -0.15) is 5.10 Å². The van der Waals surface area contributed by atoms with E-state index >= 15 is 0 Å². The van der Waals surface area contributed by atoms with Crippen molar-refractivity contribution in [3.8, 4) is 0 Å². The standard InChI is InChI=1S/C13H15BrFN3/c1-2-13(16)10-6-17-18(8-10)7-9-5-11(15)3-4-12(9)14/h3-6,8,13H,2,7,16H2,1H3. The lowest BCUT2D eigenvalue weighted by Gasteiger charge is -2.06. The molecule has 1 unspecified atom stereocenters. The molecule has 0 spiro atoms. The first-order chi connectivity index (χ1) is 8.60. The molecule has 1 aromatic heterocycles. The zero-order valence-electron chi connectivity index (χ0n) is 10.1. The minimum atomic E-state index is -0.245. The van der Waals surface area contributed by atoms with Gasteiger partial charge in [0.05, 0.1) is 12.7 Å². The Morgan fingerprint density at radius 3 is 3.00 bits per heavy atom. The van der Waals surface area contributed by atoms with Gasteiger partial charge in [-0.05, 0) is 30.2 Å². The molecule has 0 fully saturated rings. The summed E-state index contributed by atoms with van der Waals surface area (Å²) in [6.45, 7) is 2.56. The van der Waals surface area contributed by atoms with Gasteiger partial charge in [-0.1, -0.05) is 22.9 Å². The van der Waals surface area contributed by atoms with Crippen LogP contribution in [0, 0.1) is 5.82 Å². The van der Waals surface area contributed by atoms with E-state index in [2.05, 4.69) is 21.0 Å². The summed E-state index contributed by atoms with van der Waals surface area (Å²) in [5.74, 6) is -0.245. The first-order valence-corrected chi connectivity index (χ1v) is 6.61. The molecule has 1 aromatic carbocycles. The molecule has 0 saturated heterocycles. The van der Waals surface area contributed by atoms with E-state index in [4.69, 9.17) is 5.73 Å². The molecule has 0 amide bonds. The lowest BCUT2D eigenvalue weighted by Crippen LogP contribution is -2.07. The van der Waals surface area contributed by atoms with Gasteiger partial charge in [0.2, 0.25) is 0 Å². The Labute approximate surface area is 114 Å². The second-order valence-electron chi connectivity index (χ2n) is 4.22. The molecule has 18 heavy (non-hydrogen) atoms. The Hall–Kier alpha value is -1.20. The van der Waals surface area contributed by atoms with Gasteiger partial charge in [0.15, 0.2) is 0 Å². The van der Waals surface area contributed by atoms with Crippen molar-refractivity contribution < 1.29 is 4.39 Å². The van der Waals surface area contributed by atoms with Gasteiger partial charge in [0.25, 0.3) is 0 Å². The lowest BCUT2D eigenvalue weighted by molar-refractivity contribution is 0.618. The first-order valence-electron chi connectivity index (χ1n) is 5.82. The van der Waals surface area contributed by atoms with E-state index in [1.165, 1.54) is 12.1 Å². The van der Waals surface area contributed by atoms with Crippen LogP contribution in [0.5, 0.6) is 0 Å². The highest BCUT2D eigenvalue weighted by atomic mass is 79.9. The van der Waals surface area contributed by atoms with Gasteiger partial charge >= 0.3 is 0 Å². The predicted molar refractivity (Wildman–Crippen MR) is 72.6 cm³/mol. The molecule has 2 rings (SSSR count). The molecule has 0 bridgehead atoms. The normalized spacial score (nSPS) is 12.7. The first kappa shape index (κ1) is 13.2. The van der Waals surface area contributed by atoms with Crippen LogP contribution in [0.4, 0.5) is 4.39 Å². The lowest BCUT2D eigenvalue weighted by atomic mass is 10.1. The molecule has 1 heterocycles. The zero-order chi connectivity index (χ0) is 13.1. The monoisotopic (exact) mass is 311 g/mol. The average Bonchev–Trinajstić information content (AvgIpc) is 2.81. The quantitative estimate of drug-likeness (QED) is 0.942. The van der Waals surface area contributed by atoms with Gasteiger partial charge in [0, 0.05) is 22.3 Å². The number of nitrogens with two attached hydrogens (primary N) is 1. The van der Waals surface area contributed by atoms with Crippen molar-refractivity contribution >= 4 is 15.9 Å². The molecule has 3 nitrogen and oxygen atoms in total. The average molecular weight is 312 g/mol. The van der Waals surface area contributed by atoms with Crippen LogP contribution in [0.3, 0.4) is 0 Å². The van der Waals surface area contributed by atoms with Crippen LogP contribution in [0.1, 0.15) is 30.5 Å². The minimum Gasteiger partial charge on any atom is -0.324 e. The van der Waals surface area contributed by atoms with Crippen LogP contribution < -0.4 is 5.73 Å². The third-order valence-electron chi connectivity index (χ3n) is 2.86. The zero-order valence-corrected chi connectivity index (χ0v) is 11.7. The number of halogens is 2. The number of hydrogen-bond donors (Lipinski definition) is 1. The summed E-state index contributed by atoms with van der Waals surface area (Å²) >= 11 is 3.40.